The number of rotatable bonds is 3. The molecule has 8 heteroatoms. The lowest BCUT2D eigenvalue weighted by Gasteiger charge is -2.37. The van der Waals surface area contributed by atoms with Crippen LogP contribution >= 0.6 is 12.2 Å². The molecule has 0 aliphatic carbocycles. The van der Waals surface area contributed by atoms with E-state index >= 15 is 0 Å². The maximum atomic E-state index is 14.4. The van der Waals surface area contributed by atoms with Gasteiger partial charge in [0.05, 0.1) is 30.0 Å². The van der Waals surface area contributed by atoms with E-state index in [1.807, 2.05) is 0 Å². The third-order valence-electron chi connectivity index (χ3n) is 4.59. The highest BCUT2D eigenvalue weighted by atomic mass is 32.1. The van der Waals surface area contributed by atoms with E-state index in [1.54, 1.807) is 26.0 Å². The molecule has 0 aromatic heterocycles. The van der Waals surface area contributed by atoms with Crippen molar-refractivity contribution < 1.29 is 22.7 Å². The summed E-state index contributed by atoms with van der Waals surface area (Å²) in [5.41, 5.74) is 0.722. The number of methoxy groups -OCH3 is 1. The molecule has 1 aliphatic rings. The first kappa shape index (κ1) is 19.9. The maximum absolute atomic E-state index is 14.4. The zero-order valence-electron chi connectivity index (χ0n) is 15.3. The molecular formula is C20H17F3N2O2S. The molecule has 2 aromatic carbocycles. The van der Waals surface area contributed by atoms with Crippen molar-refractivity contribution in [2.24, 2.45) is 0 Å². The lowest BCUT2D eigenvalue weighted by molar-refractivity contribution is -0.136. The second-order valence-electron chi connectivity index (χ2n) is 6.28. The van der Waals surface area contributed by atoms with E-state index in [2.05, 4.69) is 5.32 Å². The summed E-state index contributed by atoms with van der Waals surface area (Å²) in [7, 11) is 1.17. The Morgan fingerprint density at radius 3 is 2.32 bits per heavy atom. The van der Waals surface area contributed by atoms with Crippen molar-refractivity contribution in [1.82, 2.24) is 5.32 Å². The number of halogens is 3. The molecule has 0 bridgehead atoms. The molecule has 28 heavy (non-hydrogen) atoms. The van der Waals surface area contributed by atoms with Gasteiger partial charge in [-0.1, -0.05) is 12.1 Å². The largest absolute Gasteiger partial charge is 0.466 e. The predicted molar refractivity (Wildman–Crippen MR) is 103 cm³/mol. The molecule has 0 fully saturated rings. The van der Waals surface area contributed by atoms with Gasteiger partial charge in [0, 0.05) is 5.70 Å². The highest BCUT2D eigenvalue weighted by Crippen LogP contribution is 2.36. The molecule has 0 unspecified atom stereocenters. The van der Waals surface area contributed by atoms with Gasteiger partial charge in [-0.2, -0.15) is 0 Å². The zero-order chi connectivity index (χ0) is 20.6. The van der Waals surface area contributed by atoms with Gasteiger partial charge in [-0.05, 0) is 55.9 Å². The Morgan fingerprint density at radius 2 is 1.75 bits per heavy atom. The summed E-state index contributed by atoms with van der Waals surface area (Å²) in [5.74, 6) is -2.89. The molecule has 2 aromatic rings. The smallest absolute Gasteiger partial charge is 0.337 e. The van der Waals surface area contributed by atoms with Crippen LogP contribution < -0.4 is 10.2 Å². The van der Waals surface area contributed by atoms with Gasteiger partial charge in [0.15, 0.2) is 5.11 Å². The number of carbonyl (C=O) groups excluding carboxylic acids is 1. The second-order valence-corrected chi connectivity index (χ2v) is 6.66. The van der Waals surface area contributed by atoms with Crippen molar-refractivity contribution >= 4 is 29.0 Å². The van der Waals surface area contributed by atoms with Gasteiger partial charge in [-0.25, -0.2) is 18.0 Å². The van der Waals surface area contributed by atoms with Gasteiger partial charge in [0.25, 0.3) is 0 Å². The van der Waals surface area contributed by atoms with Crippen molar-refractivity contribution in [2.45, 2.75) is 19.9 Å². The average Bonchev–Trinajstić information content (AvgIpc) is 2.64. The van der Waals surface area contributed by atoms with Crippen LogP contribution in [0.2, 0.25) is 0 Å². The first-order valence-electron chi connectivity index (χ1n) is 8.36. The fourth-order valence-electron chi connectivity index (χ4n) is 3.15. The molecule has 1 heterocycles. The molecule has 146 valence electrons. The van der Waals surface area contributed by atoms with E-state index in [0.717, 1.165) is 12.1 Å². The van der Waals surface area contributed by atoms with Crippen molar-refractivity contribution in [3.63, 3.8) is 0 Å². The van der Waals surface area contributed by atoms with Crippen molar-refractivity contribution in [3.8, 4) is 0 Å². The minimum absolute atomic E-state index is 0.0268. The van der Waals surface area contributed by atoms with E-state index in [9.17, 15) is 18.0 Å². The number of allylic oxidation sites excluding steroid dienone is 1. The molecule has 4 nitrogen and oxygen atoms in total. The Labute approximate surface area is 165 Å². The molecule has 0 saturated heterocycles. The Balaban J connectivity index is 2.21. The van der Waals surface area contributed by atoms with Crippen molar-refractivity contribution in [2.75, 3.05) is 12.0 Å². The van der Waals surface area contributed by atoms with E-state index in [-0.39, 0.29) is 21.9 Å². The fourth-order valence-corrected chi connectivity index (χ4v) is 3.51. The SMILES string of the molecule is COC(=O)C1=C(C)N(c2ccc(C)c(F)c2)C(=S)N[C@H]1c1c(F)cccc1F. The van der Waals surface area contributed by atoms with Crippen molar-refractivity contribution in [1.29, 1.82) is 0 Å². The van der Waals surface area contributed by atoms with Gasteiger partial charge in [-0.3, -0.25) is 4.90 Å². The normalized spacial score (nSPS) is 16.9. The number of nitrogens with zero attached hydrogens (tertiary/aromatic N) is 1. The summed E-state index contributed by atoms with van der Waals surface area (Å²) < 4.78 is 47.7. The van der Waals surface area contributed by atoms with Gasteiger partial charge in [-0.15, -0.1) is 0 Å². The number of hydrogen-bond acceptors (Lipinski definition) is 3. The van der Waals surface area contributed by atoms with Crippen LogP contribution in [0.4, 0.5) is 18.9 Å². The minimum Gasteiger partial charge on any atom is -0.466 e. The molecular weight excluding hydrogens is 389 g/mol. The molecule has 0 saturated carbocycles. The molecule has 1 N–H and O–H groups in total. The fraction of sp³-hybridized carbons (Fsp3) is 0.200. The monoisotopic (exact) mass is 406 g/mol. The van der Waals surface area contributed by atoms with Crippen LogP contribution in [0.15, 0.2) is 47.7 Å². The standard InChI is InChI=1S/C20H17F3N2O2S/c1-10-7-8-12(9-15(10)23)25-11(2)16(19(26)27-3)18(24-20(25)28)17-13(21)5-4-6-14(17)22/h4-9,18H,1-3H3,(H,24,28)/t18-/m1/s1. The van der Waals surface area contributed by atoms with Gasteiger partial charge < -0.3 is 10.1 Å². The number of hydrogen-bond donors (Lipinski definition) is 1. The third kappa shape index (κ3) is 3.35. The van der Waals surface area contributed by atoms with Gasteiger partial charge in [0.2, 0.25) is 0 Å². The molecule has 0 spiro atoms. The zero-order valence-corrected chi connectivity index (χ0v) is 16.2. The number of benzene rings is 2. The lowest BCUT2D eigenvalue weighted by atomic mass is 9.94. The number of esters is 1. The van der Waals surface area contributed by atoms with Crippen molar-refractivity contribution in [3.05, 3.63) is 76.2 Å². The molecule has 0 amide bonds. The minimum atomic E-state index is -1.19. The van der Waals surface area contributed by atoms with E-state index in [4.69, 9.17) is 17.0 Å². The highest BCUT2D eigenvalue weighted by Gasteiger charge is 2.37. The number of thiocarbonyl (C=S) groups is 1. The van der Waals surface area contributed by atoms with Crippen LogP contribution in [0.1, 0.15) is 24.1 Å². The summed E-state index contributed by atoms with van der Waals surface area (Å²) in [4.78, 5) is 13.9. The summed E-state index contributed by atoms with van der Waals surface area (Å²) >= 11 is 5.36. The number of carbonyl (C=O) groups is 1. The number of ether oxygens (including phenoxy) is 1. The summed E-state index contributed by atoms with van der Waals surface area (Å²) in [6.45, 7) is 3.17. The van der Waals surface area contributed by atoms with Crippen LogP contribution in [0.25, 0.3) is 0 Å². The summed E-state index contributed by atoms with van der Waals surface area (Å²) in [5, 5.41) is 2.86. The molecule has 1 aliphatic heterocycles. The molecule has 0 radical (unpaired) electrons. The van der Waals surface area contributed by atoms with Gasteiger partial charge in [0.1, 0.15) is 17.5 Å². The Hall–Kier alpha value is -2.87. The van der Waals surface area contributed by atoms with Crippen LogP contribution in [-0.4, -0.2) is 18.2 Å². The van der Waals surface area contributed by atoms with E-state index < -0.39 is 29.5 Å². The first-order valence-corrected chi connectivity index (χ1v) is 8.76. The Morgan fingerprint density at radius 1 is 1.11 bits per heavy atom. The Kier molecular flexibility index (Phi) is 5.42. The first-order chi connectivity index (χ1) is 13.3. The van der Waals surface area contributed by atoms with E-state index in [1.165, 1.54) is 24.1 Å². The number of anilines is 1. The van der Waals surface area contributed by atoms with Crippen LogP contribution in [-0.2, 0) is 9.53 Å². The van der Waals surface area contributed by atoms with Crippen LogP contribution in [0, 0.1) is 24.4 Å². The average molecular weight is 406 g/mol. The summed E-state index contributed by atoms with van der Waals surface area (Å²) in [6.07, 6.45) is 0. The van der Waals surface area contributed by atoms with E-state index in [0.29, 0.717) is 11.3 Å². The second kappa shape index (κ2) is 7.63. The Bertz CT molecular complexity index is 987. The number of aryl methyl sites for hydroxylation is 1. The van der Waals surface area contributed by atoms with Gasteiger partial charge >= 0.3 is 5.97 Å². The number of nitrogens with one attached hydrogen (secondary N) is 1. The topological polar surface area (TPSA) is 41.6 Å². The van der Waals surface area contributed by atoms with Crippen LogP contribution in [0.3, 0.4) is 0 Å². The molecule has 1 atom stereocenters. The predicted octanol–water partition coefficient (Wildman–Crippen LogP) is 4.30. The quantitative estimate of drug-likeness (QED) is 0.608. The van der Waals surface area contributed by atoms with Crippen LogP contribution in [0.5, 0.6) is 0 Å². The third-order valence-corrected chi connectivity index (χ3v) is 4.89. The molecule has 3 rings (SSSR count). The summed E-state index contributed by atoms with van der Waals surface area (Å²) in [6, 6.07) is 6.70. The maximum Gasteiger partial charge on any atom is 0.337 e. The highest BCUT2D eigenvalue weighted by molar-refractivity contribution is 7.80. The lowest BCUT2D eigenvalue weighted by Crippen LogP contribution is -2.48.